The van der Waals surface area contributed by atoms with Gasteiger partial charge in [-0.3, -0.25) is 9.59 Å². The van der Waals surface area contributed by atoms with Crippen molar-refractivity contribution in [3.63, 3.8) is 0 Å². The van der Waals surface area contributed by atoms with Crippen LogP contribution in [0.3, 0.4) is 0 Å². The van der Waals surface area contributed by atoms with Gasteiger partial charge in [0.15, 0.2) is 6.61 Å². The van der Waals surface area contributed by atoms with Crippen LogP contribution in [0.2, 0.25) is 5.02 Å². The summed E-state index contributed by atoms with van der Waals surface area (Å²) in [6.07, 6.45) is 4.30. The van der Waals surface area contributed by atoms with Crippen LogP contribution in [0.25, 0.3) is 0 Å². The molecule has 8 heteroatoms. The number of amides is 2. The molecular formula is C18H23ClN2O4S. The van der Waals surface area contributed by atoms with Gasteiger partial charge in [-0.1, -0.05) is 11.6 Å². The summed E-state index contributed by atoms with van der Waals surface area (Å²) in [5.41, 5.74) is 0.407. The number of carbonyl (C=O) groups excluding carboxylic acids is 3. The minimum atomic E-state index is -0.794. The number of halogens is 1. The van der Waals surface area contributed by atoms with Gasteiger partial charge in [-0.15, -0.1) is 0 Å². The Hall–Kier alpha value is -1.73. The zero-order chi connectivity index (χ0) is 18.9. The second kappa shape index (κ2) is 10.4. The Bertz CT molecular complexity index is 633. The second-order valence-corrected chi connectivity index (χ2v) is 7.43. The number of hydrogen-bond donors (Lipinski definition) is 1. The molecule has 1 aliphatic heterocycles. The topological polar surface area (TPSA) is 75.7 Å². The van der Waals surface area contributed by atoms with E-state index in [0.29, 0.717) is 35.8 Å². The Morgan fingerprint density at radius 1 is 1.23 bits per heavy atom. The molecule has 1 saturated heterocycles. The van der Waals surface area contributed by atoms with E-state index >= 15 is 0 Å². The van der Waals surface area contributed by atoms with Crippen LogP contribution >= 0.6 is 23.4 Å². The minimum Gasteiger partial charge on any atom is -0.454 e. The summed E-state index contributed by atoms with van der Waals surface area (Å²) >= 11 is 7.39. The molecule has 1 fully saturated rings. The van der Waals surface area contributed by atoms with Crippen LogP contribution in [0.15, 0.2) is 24.3 Å². The highest BCUT2D eigenvalue weighted by Crippen LogP contribution is 2.11. The fourth-order valence-corrected chi connectivity index (χ4v) is 3.22. The SMILES string of the molecule is CSCC[C@H](NC(=O)c1ccc(Cl)cc1)C(=O)OCC(=O)N1CCCC1. The maximum absolute atomic E-state index is 12.4. The predicted octanol–water partition coefficient (Wildman–Crippen LogP) is 2.36. The summed E-state index contributed by atoms with van der Waals surface area (Å²) in [4.78, 5) is 38.4. The van der Waals surface area contributed by atoms with E-state index in [1.165, 1.54) is 0 Å². The van der Waals surface area contributed by atoms with Crippen molar-refractivity contribution in [3.8, 4) is 0 Å². The lowest BCUT2D eigenvalue weighted by Gasteiger charge is -2.19. The average molecular weight is 399 g/mol. The molecule has 6 nitrogen and oxygen atoms in total. The number of thioether (sulfide) groups is 1. The van der Waals surface area contributed by atoms with Gasteiger partial charge in [-0.2, -0.15) is 11.8 Å². The third-order valence-corrected chi connectivity index (χ3v) is 5.00. The molecule has 1 atom stereocenters. The van der Waals surface area contributed by atoms with Crippen molar-refractivity contribution in [3.05, 3.63) is 34.9 Å². The molecule has 0 aliphatic carbocycles. The normalized spacial score (nSPS) is 14.8. The summed E-state index contributed by atoms with van der Waals surface area (Å²) in [6, 6.07) is 5.61. The van der Waals surface area contributed by atoms with E-state index < -0.39 is 12.0 Å². The predicted molar refractivity (Wildman–Crippen MR) is 102 cm³/mol. The number of ether oxygens (including phenoxy) is 1. The third-order valence-electron chi connectivity index (χ3n) is 4.10. The number of carbonyl (C=O) groups is 3. The molecule has 26 heavy (non-hydrogen) atoms. The number of benzene rings is 1. The number of rotatable bonds is 8. The van der Waals surface area contributed by atoms with Crippen LogP contribution in [0.4, 0.5) is 0 Å². The van der Waals surface area contributed by atoms with E-state index in [2.05, 4.69) is 5.32 Å². The highest BCUT2D eigenvalue weighted by atomic mass is 35.5. The Labute approximate surface area is 162 Å². The molecule has 0 unspecified atom stereocenters. The van der Waals surface area contributed by atoms with Crippen molar-refractivity contribution >= 4 is 41.1 Å². The van der Waals surface area contributed by atoms with E-state index in [1.807, 2.05) is 6.26 Å². The first-order valence-corrected chi connectivity index (χ1v) is 10.3. The molecule has 1 aromatic carbocycles. The van der Waals surface area contributed by atoms with Crippen LogP contribution in [0, 0.1) is 0 Å². The first kappa shape index (κ1) is 20.6. The highest BCUT2D eigenvalue weighted by molar-refractivity contribution is 7.98. The summed E-state index contributed by atoms with van der Waals surface area (Å²) in [5.74, 6) is -0.478. The molecular weight excluding hydrogens is 376 g/mol. The number of esters is 1. The zero-order valence-electron chi connectivity index (χ0n) is 14.7. The van der Waals surface area contributed by atoms with Gasteiger partial charge in [0.05, 0.1) is 0 Å². The van der Waals surface area contributed by atoms with Crippen molar-refractivity contribution in [1.29, 1.82) is 0 Å². The van der Waals surface area contributed by atoms with E-state index in [9.17, 15) is 14.4 Å². The molecule has 0 saturated carbocycles. The maximum Gasteiger partial charge on any atom is 0.329 e. The zero-order valence-corrected chi connectivity index (χ0v) is 16.3. The van der Waals surface area contributed by atoms with Gasteiger partial charge < -0.3 is 15.0 Å². The van der Waals surface area contributed by atoms with Gasteiger partial charge >= 0.3 is 5.97 Å². The first-order valence-electron chi connectivity index (χ1n) is 8.51. The maximum atomic E-state index is 12.4. The van der Waals surface area contributed by atoms with Crippen LogP contribution in [0.5, 0.6) is 0 Å². The quantitative estimate of drug-likeness (QED) is 0.680. The molecule has 1 heterocycles. The number of hydrogen-bond acceptors (Lipinski definition) is 5. The third kappa shape index (κ3) is 6.21. The lowest BCUT2D eigenvalue weighted by Crippen LogP contribution is -2.43. The summed E-state index contributed by atoms with van der Waals surface area (Å²) in [5, 5.41) is 3.21. The first-order chi connectivity index (χ1) is 12.5. The smallest absolute Gasteiger partial charge is 0.329 e. The van der Waals surface area contributed by atoms with E-state index in [4.69, 9.17) is 16.3 Å². The van der Waals surface area contributed by atoms with Crippen molar-refractivity contribution in [2.75, 3.05) is 31.7 Å². The van der Waals surface area contributed by atoms with Gasteiger partial charge in [-0.05, 0) is 55.5 Å². The van der Waals surface area contributed by atoms with Crippen LogP contribution in [0.1, 0.15) is 29.6 Å². The minimum absolute atomic E-state index is 0.191. The van der Waals surface area contributed by atoms with E-state index in [0.717, 1.165) is 12.8 Å². The van der Waals surface area contributed by atoms with Crippen molar-refractivity contribution in [2.45, 2.75) is 25.3 Å². The lowest BCUT2D eigenvalue weighted by molar-refractivity contribution is -0.153. The molecule has 142 valence electrons. The van der Waals surface area contributed by atoms with Crippen LogP contribution in [-0.2, 0) is 14.3 Å². The molecule has 1 aromatic rings. The highest BCUT2D eigenvalue weighted by Gasteiger charge is 2.25. The van der Waals surface area contributed by atoms with Gasteiger partial charge in [-0.25, -0.2) is 4.79 Å². The molecule has 1 N–H and O–H groups in total. The number of likely N-dealkylation sites (tertiary alicyclic amines) is 1. The molecule has 2 amide bonds. The van der Waals surface area contributed by atoms with Crippen LogP contribution in [-0.4, -0.2) is 60.4 Å². The van der Waals surface area contributed by atoms with Gasteiger partial charge in [0.25, 0.3) is 11.8 Å². The second-order valence-electron chi connectivity index (χ2n) is 6.01. The summed E-state index contributed by atoms with van der Waals surface area (Å²) < 4.78 is 5.16. The monoisotopic (exact) mass is 398 g/mol. The molecule has 0 bridgehead atoms. The van der Waals surface area contributed by atoms with Gasteiger partial charge in [0, 0.05) is 23.7 Å². The van der Waals surface area contributed by atoms with Crippen molar-refractivity contribution in [2.24, 2.45) is 0 Å². The van der Waals surface area contributed by atoms with Crippen molar-refractivity contribution < 1.29 is 19.1 Å². The standard InChI is InChI=1S/C18H23ClN2O4S/c1-26-11-8-15(20-17(23)13-4-6-14(19)7-5-13)18(24)25-12-16(22)21-9-2-3-10-21/h4-7,15H,2-3,8-12H2,1H3,(H,20,23)/t15-/m0/s1. The molecule has 0 aromatic heterocycles. The summed E-state index contributed by atoms with van der Waals surface area (Å²) in [6.45, 7) is 1.13. The fraction of sp³-hybridized carbons (Fsp3) is 0.500. The Morgan fingerprint density at radius 2 is 1.88 bits per heavy atom. The molecule has 0 radical (unpaired) electrons. The molecule has 0 spiro atoms. The Morgan fingerprint density at radius 3 is 2.50 bits per heavy atom. The van der Waals surface area contributed by atoms with Crippen LogP contribution < -0.4 is 5.32 Å². The fourth-order valence-electron chi connectivity index (χ4n) is 2.62. The summed E-state index contributed by atoms with van der Waals surface area (Å²) in [7, 11) is 0. The molecule has 1 aliphatic rings. The lowest BCUT2D eigenvalue weighted by atomic mass is 10.1. The average Bonchev–Trinajstić information content (AvgIpc) is 3.18. The number of nitrogens with one attached hydrogen (secondary N) is 1. The Balaban J connectivity index is 1.91. The van der Waals surface area contributed by atoms with Gasteiger partial charge in [0.2, 0.25) is 0 Å². The Kier molecular flexibility index (Phi) is 8.25. The van der Waals surface area contributed by atoms with Gasteiger partial charge in [0.1, 0.15) is 6.04 Å². The van der Waals surface area contributed by atoms with Crippen molar-refractivity contribution in [1.82, 2.24) is 10.2 Å². The molecule has 2 rings (SSSR count). The largest absolute Gasteiger partial charge is 0.454 e. The van der Waals surface area contributed by atoms with E-state index in [1.54, 1.807) is 40.9 Å². The van der Waals surface area contributed by atoms with E-state index in [-0.39, 0.29) is 18.4 Å². The number of nitrogens with zero attached hydrogens (tertiary/aromatic N) is 1.